The van der Waals surface area contributed by atoms with Gasteiger partial charge < -0.3 is 14.3 Å². The molecule has 0 saturated heterocycles. The molecular formula is C23H20N4O4S. The Hall–Kier alpha value is -3.43. The Morgan fingerprint density at radius 3 is 2.81 bits per heavy atom. The van der Waals surface area contributed by atoms with Crippen molar-refractivity contribution in [2.45, 2.75) is 30.3 Å². The van der Waals surface area contributed by atoms with E-state index in [1.54, 1.807) is 0 Å². The van der Waals surface area contributed by atoms with Gasteiger partial charge in [-0.1, -0.05) is 48.2 Å². The minimum absolute atomic E-state index is 0.0423. The SMILES string of the molecule is O=C(O)CSc1n[nH]c(-c2ccc(C3=CC(OCc4ccc(C5C=N5)cc4)CC=C3)o2)n1. The Kier molecular flexibility index (Phi) is 5.74. The molecule has 0 bridgehead atoms. The van der Waals surface area contributed by atoms with Gasteiger partial charge in [-0.05, 0) is 35.8 Å². The van der Waals surface area contributed by atoms with Crippen molar-refractivity contribution in [3.63, 3.8) is 0 Å². The van der Waals surface area contributed by atoms with E-state index in [-0.39, 0.29) is 17.9 Å². The van der Waals surface area contributed by atoms with Crippen LogP contribution in [0.4, 0.5) is 0 Å². The number of H-pyrrole nitrogens is 1. The lowest BCUT2D eigenvalue weighted by molar-refractivity contribution is -0.133. The van der Waals surface area contributed by atoms with Crippen molar-refractivity contribution in [2.75, 3.05) is 5.75 Å². The molecule has 2 N–H and O–H groups in total. The molecule has 1 aromatic carbocycles. The number of benzene rings is 1. The van der Waals surface area contributed by atoms with Crippen LogP contribution in [-0.4, -0.2) is 44.3 Å². The molecule has 32 heavy (non-hydrogen) atoms. The first kappa shape index (κ1) is 20.5. The van der Waals surface area contributed by atoms with E-state index in [9.17, 15) is 4.79 Å². The number of aromatic nitrogens is 3. The van der Waals surface area contributed by atoms with Gasteiger partial charge in [0, 0.05) is 11.8 Å². The molecule has 8 nitrogen and oxygen atoms in total. The van der Waals surface area contributed by atoms with Crippen LogP contribution >= 0.6 is 11.8 Å². The van der Waals surface area contributed by atoms with E-state index in [1.807, 2.05) is 24.4 Å². The number of aromatic amines is 1. The van der Waals surface area contributed by atoms with E-state index in [2.05, 4.69) is 56.6 Å². The largest absolute Gasteiger partial charge is 0.481 e. The van der Waals surface area contributed by atoms with Gasteiger partial charge in [-0.25, -0.2) is 0 Å². The third-order valence-electron chi connectivity index (χ3n) is 5.03. The van der Waals surface area contributed by atoms with Crippen LogP contribution in [0.25, 0.3) is 17.2 Å². The van der Waals surface area contributed by atoms with Gasteiger partial charge in [0.2, 0.25) is 5.16 Å². The Labute approximate surface area is 188 Å². The lowest BCUT2D eigenvalue weighted by atomic mass is 10.0. The maximum Gasteiger partial charge on any atom is 0.313 e. The molecule has 0 spiro atoms. The van der Waals surface area contributed by atoms with E-state index in [0.717, 1.165) is 29.3 Å². The normalized spacial score (nSPS) is 19.2. The van der Waals surface area contributed by atoms with Crippen LogP contribution in [0.2, 0.25) is 0 Å². The number of hydrogen-bond acceptors (Lipinski definition) is 7. The van der Waals surface area contributed by atoms with E-state index in [0.29, 0.717) is 29.1 Å². The summed E-state index contributed by atoms with van der Waals surface area (Å²) in [6, 6.07) is 12.3. The Morgan fingerprint density at radius 2 is 2.03 bits per heavy atom. The van der Waals surface area contributed by atoms with Gasteiger partial charge in [0.05, 0.1) is 18.5 Å². The van der Waals surface area contributed by atoms with Crippen LogP contribution < -0.4 is 0 Å². The first-order valence-electron chi connectivity index (χ1n) is 10.1. The molecule has 3 heterocycles. The number of nitrogens with zero attached hydrogens (tertiary/aromatic N) is 3. The van der Waals surface area contributed by atoms with E-state index in [1.165, 1.54) is 5.56 Å². The molecule has 0 fully saturated rings. The minimum Gasteiger partial charge on any atom is -0.481 e. The smallest absolute Gasteiger partial charge is 0.313 e. The lowest BCUT2D eigenvalue weighted by Gasteiger charge is -2.17. The first-order valence-corrected chi connectivity index (χ1v) is 11.1. The number of carboxylic acid groups (broad SMARTS) is 1. The Bertz CT molecular complexity index is 1200. The molecule has 3 aromatic rings. The van der Waals surface area contributed by atoms with Gasteiger partial charge in [0.1, 0.15) is 11.8 Å². The summed E-state index contributed by atoms with van der Waals surface area (Å²) in [6.07, 6.45) is 8.85. The number of thioether (sulfide) groups is 1. The van der Waals surface area contributed by atoms with Gasteiger partial charge in [-0.15, -0.1) is 5.10 Å². The number of carboxylic acids is 1. The number of aliphatic carboxylic acids is 1. The second-order valence-electron chi connectivity index (χ2n) is 7.41. The third kappa shape index (κ3) is 4.90. The van der Waals surface area contributed by atoms with Crippen molar-refractivity contribution in [1.29, 1.82) is 0 Å². The highest BCUT2D eigenvalue weighted by atomic mass is 32.2. The van der Waals surface area contributed by atoms with E-state index >= 15 is 0 Å². The lowest BCUT2D eigenvalue weighted by Crippen LogP contribution is -2.11. The van der Waals surface area contributed by atoms with Crippen LogP contribution in [0.15, 0.2) is 69.2 Å². The highest BCUT2D eigenvalue weighted by Gasteiger charge is 2.17. The van der Waals surface area contributed by atoms with Crippen molar-refractivity contribution in [3.05, 3.63) is 71.5 Å². The van der Waals surface area contributed by atoms with Crippen molar-refractivity contribution < 1.29 is 19.1 Å². The third-order valence-corrected chi connectivity index (χ3v) is 5.86. The molecule has 1 aliphatic heterocycles. The zero-order valence-corrected chi connectivity index (χ0v) is 17.8. The molecule has 2 aliphatic rings. The van der Waals surface area contributed by atoms with Crippen LogP contribution in [0, 0.1) is 0 Å². The number of carbonyl (C=O) groups is 1. The number of hydrogen-bond donors (Lipinski definition) is 2. The topological polar surface area (TPSA) is 114 Å². The number of rotatable bonds is 9. The predicted octanol–water partition coefficient (Wildman–Crippen LogP) is 4.30. The summed E-state index contributed by atoms with van der Waals surface area (Å²) in [4.78, 5) is 19.2. The van der Waals surface area contributed by atoms with Gasteiger partial charge >= 0.3 is 5.97 Å². The number of aliphatic imine (C=N–C) groups is 1. The Morgan fingerprint density at radius 1 is 1.22 bits per heavy atom. The minimum atomic E-state index is -0.917. The molecule has 162 valence electrons. The average molecular weight is 449 g/mol. The maximum absolute atomic E-state index is 10.7. The van der Waals surface area contributed by atoms with Gasteiger partial charge in [-0.2, -0.15) is 4.98 Å². The van der Waals surface area contributed by atoms with Crippen molar-refractivity contribution >= 4 is 29.5 Å². The molecule has 0 amide bonds. The fraction of sp³-hybridized carbons (Fsp3) is 0.217. The molecule has 1 aliphatic carbocycles. The molecule has 0 radical (unpaired) electrons. The zero-order chi connectivity index (χ0) is 21.9. The standard InChI is InChI=1S/C23H20N4O4S/c28-21(29)13-32-23-25-22(26-27-23)20-9-8-19(31-20)16-2-1-3-17(10-16)30-12-14-4-6-15(7-5-14)18-11-24-18/h1-2,4-11,17-18H,3,12-13H2,(H,28,29)(H,25,26,27). The fourth-order valence-electron chi connectivity index (χ4n) is 3.33. The fourth-order valence-corrected chi connectivity index (χ4v) is 3.85. The van der Waals surface area contributed by atoms with Crippen molar-refractivity contribution in [3.8, 4) is 11.6 Å². The summed E-state index contributed by atoms with van der Waals surface area (Å²) < 4.78 is 12.1. The number of ether oxygens (including phenoxy) is 1. The summed E-state index contributed by atoms with van der Waals surface area (Å²) in [6.45, 7) is 0.534. The molecule has 2 aromatic heterocycles. The van der Waals surface area contributed by atoms with Crippen LogP contribution in [0.5, 0.6) is 0 Å². The molecular weight excluding hydrogens is 428 g/mol. The monoisotopic (exact) mass is 448 g/mol. The van der Waals surface area contributed by atoms with Crippen LogP contribution in [0.1, 0.15) is 29.3 Å². The van der Waals surface area contributed by atoms with Crippen molar-refractivity contribution in [1.82, 2.24) is 15.2 Å². The zero-order valence-electron chi connectivity index (χ0n) is 17.0. The summed E-state index contributed by atoms with van der Waals surface area (Å²) in [5, 5.41) is 15.9. The number of nitrogens with one attached hydrogen (secondary N) is 1. The van der Waals surface area contributed by atoms with Crippen LogP contribution in [-0.2, 0) is 16.1 Å². The number of furan rings is 1. The second-order valence-corrected chi connectivity index (χ2v) is 8.35. The molecule has 2 unspecified atom stereocenters. The summed E-state index contributed by atoms with van der Waals surface area (Å²) >= 11 is 1.05. The number of allylic oxidation sites excluding steroid dienone is 2. The first-order chi connectivity index (χ1) is 15.6. The van der Waals surface area contributed by atoms with E-state index in [4.69, 9.17) is 14.3 Å². The molecule has 2 atom stereocenters. The Balaban J connectivity index is 1.21. The average Bonchev–Trinajstić information content (AvgIpc) is 3.34. The second kappa shape index (κ2) is 8.97. The van der Waals surface area contributed by atoms with E-state index < -0.39 is 5.97 Å². The van der Waals surface area contributed by atoms with Gasteiger partial charge in [-0.3, -0.25) is 14.9 Å². The van der Waals surface area contributed by atoms with Gasteiger partial charge in [0.15, 0.2) is 11.6 Å². The molecule has 9 heteroatoms. The molecule has 5 rings (SSSR count). The summed E-state index contributed by atoms with van der Waals surface area (Å²) in [5.74, 6) is 0.677. The highest BCUT2D eigenvalue weighted by Crippen LogP contribution is 2.29. The maximum atomic E-state index is 10.7. The highest BCUT2D eigenvalue weighted by molar-refractivity contribution is 7.99. The van der Waals surface area contributed by atoms with Gasteiger partial charge in [0.25, 0.3) is 0 Å². The van der Waals surface area contributed by atoms with Crippen LogP contribution in [0.3, 0.4) is 0 Å². The van der Waals surface area contributed by atoms with Crippen molar-refractivity contribution in [2.24, 2.45) is 4.99 Å². The molecule has 0 saturated carbocycles. The quantitative estimate of drug-likeness (QED) is 0.469. The summed E-state index contributed by atoms with van der Waals surface area (Å²) in [7, 11) is 0. The predicted molar refractivity (Wildman–Crippen MR) is 120 cm³/mol. The summed E-state index contributed by atoms with van der Waals surface area (Å²) in [5.41, 5.74) is 3.28.